The fourth-order valence-electron chi connectivity index (χ4n) is 2.18. The lowest BCUT2D eigenvalue weighted by Gasteiger charge is -2.06. The van der Waals surface area contributed by atoms with Gasteiger partial charge in [0.15, 0.2) is 5.03 Å². The van der Waals surface area contributed by atoms with E-state index < -0.39 is 10.0 Å². The molecule has 0 aliphatic carbocycles. The van der Waals surface area contributed by atoms with Crippen LogP contribution in [0.3, 0.4) is 0 Å². The van der Waals surface area contributed by atoms with Gasteiger partial charge in [0, 0.05) is 18.8 Å². The van der Waals surface area contributed by atoms with Crippen LogP contribution in [0.25, 0.3) is 11.3 Å². The molecule has 0 spiro atoms. The second-order valence-corrected chi connectivity index (χ2v) is 7.04. The molecule has 8 nitrogen and oxygen atoms in total. The first-order chi connectivity index (χ1) is 12.0. The number of hydrogen-bond donors (Lipinski definition) is 1. The van der Waals surface area contributed by atoms with Crippen molar-refractivity contribution in [2.75, 3.05) is 7.11 Å². The van der Waals surface area contributed by atoms with Gasteiger partial charge in [0.1, 0.15) is 12.1 Å². The Morgan fingerprint density at radius 2 is 1.92 bits per heavy atom. The second-order valence-electron chi connectivity index (χ2n) is 5.33. The van der Waals surface area contributed by atoms with E-state index in [0.717, 1.165) is 11.3 Å². The van der Waals surface area contributed by atoms with Gasteiger partial charge in [-0.15, -0.1) is 0 Å². The molecule has 0 atom stereocenters. The summed E-state index contributed by atoms with van der Waals surface area (Å²) in [6, 6.07) is 9.16. The van der Waals surface area contributed by atoms with Gasteiger partial charge in [-0.05, 0) is 30.3 Å². The molecule has 0 aliphatic heterocycles. The van der Waals surface area contributed by atoms with Gasteiger partial charge in [0.05, 0.1) is 31.4 Å². The average molecular weight is 359 g/mol. The maximum atomic E-state index is 12.2. The van der Waals surface area contributed by atoms with Crippen LogP contribution in [0.2, 0.25) is 0 Å². The fraction of sp³-hybridized carbons (Fsp3) is 0.188. The lowest BCUT2D eigenvalue weighted by molar-refractivity contribution is 0.415. The van der Waals surface area contributed by atoms with Crippen LogP contribution in [0, 0.1) is 0 Å². The summed E-state index contributed by atoms with van der Waals surface area (Å²) < 4.78 is 33.6. The number of nitrogens with one attached hydrogen (secondary N) is 1. The summed E-state index contributed by atoms with van der Waals surface area (Å²) in [5.74, 6) is 0.751. The first-order valence-corrected chi connectivity index (χ1v) is 8.89. The topological polar surface area (TPSA) is 99.0 Å². The Hall–Kier alpha value is -2.78. The maximum Gasteiger partial charge on any atom is 0.259 e. The number of sulfonamides is 1. The Bertz CT molecular complexity index is 967. The second kappa shape index (κ2) is 6.99. The largest absolute Gasteiger partial charge is 0.497 e. The molecule has 2 heterocycles. The van der Waals surface area contributed by atoms with Crippen molar-refractivity contribution in [1.29, 1.82) is 0 Å². The van der Waals surface area contributed by atoms with Crippen LogP contribution < -0.4 is 9.46 Å². The zero-order valence-corrected chi connectivity index (χ0v) is 14.6. The van der Waals surface area contributed by atoms with Crippen LogP contribution in [0.1, 0.15) is 5.69 Å². The van der Waals surface area contributed by atoms with E-state index in [2.05, 4.69) is 19.7 Å². The fourth-order valence-corrected chi connectivity index (χ4v) is 3.16. The first-order valence-electron chi connectivity index (χ1n) is 7.41. The molecular weight excluding hydrogens is 342 g/mol. The summed E-state index contributed by atoms with van der Waals surface area (Å²) in [6.45, 7) is 0.0462. The predicted molar refractivity (Wildman–Crippen MR) is 91.3 cm³/mol. The molecule has 0 aliphatic rings. The first kappa shape index (κ1) is 17.1. The van der Waals surface area contributed by atoms with Gasteiger partial charge in [0.2, 0.25) is 0 Å². The molecule has 25 heavy (non-hydrogen) atoms. The molecule has 2 aromatic heterocycles. The standard InChI is InChI=1S/C16H17N5O3S/c1-21-9-16(19-11-21)25(22,23)20-8-13-7-15(18-10-17-13)12-3-5-14(24-2)6-4-12/h3-7,9-11,20H,8H2,1-2H3. The van der Waals surface area contributed by atoms with E-state index in [1.807, 2.05) is 24.3 Å². The average Bonchev–Trinajstić information content (AvgIpc) is 3.08. The van der Waals surface area contributed by atoms with Crippen molar-refractivity contribution in [2.24, 2.45) is 7.05 Å². The maximum absolute atomic E-state index is 12.2. The molecule has 0 bridgehead atoms. The lowest BCUT2D eigenvalue weighted by atomic mass is 10.1. The van der Waals surface area contributed by atoms with E-state index in [1.54, 1.807) is 24.8 Å². The van der Waals surface area contributed by atoms with Gasteiger partial charge in [-0.1, -0.05) is 0 Å². The van der Waals surface area contributed by atoms with E-state index >= 15 is 0 Å². The molecule has 0 saturated heterocycles. The number of nitrogens with zero attached hydrogens (tertiary/aromatic N) is 4. The van der Waals surface area contributed by atoms with E-state index in [-0.39, 0.29) is 11.6 Å². The molecule has 0 fully saturated rings. The Kier molecular flexibility index (Phi) is 4.77. The third-order valence-electron chi connectivity index (χ3n) is 3.51. The highest BCUT2D eigenvalue weighted by Gasteiger charge is 2.17. The Labute approximate surface area is 145 Å². The highest BCUT2D eigenvalue weighted by molar-refractivity contribution is 7.89. The van der Waals surface area contributed by atoms with E-state index in [1.165, 1.54) is 18.9 Å². The molecule has 130 valence electrons. The zero-order chi connectivity index (χ0) is 17.9. The summed E-state index contributed by atoms with van der Waals surface area (Å²) in [7, 11) is -0.374. The molecule has 0 amide bonds. The monoisotopic (exact) mass is 359 g/mol. The van der Waals surface area contributed by atoms with Crippen LogP contribution in [0.15, 0.2) is 54.2 Å². The number of aromatic nitrogens is 4. The molecule has 0 radical (unpaired) electrons. The van der Waals surface area contributed by atoms with Gasteiger partial charge in [0.25, 0.3) is 10.0 Å². The number of imidazole rings is 1. The number of rotatable bonds is 6. The smallest absolute Gasteiger partial charge is 0.259 e. The van der Waals surface area contributed by atoms with Gasteiger partial charge < -0.3 is 9.30 Å². The number of benzene rings is 1. The number of hydrogen-bond acceptors (Lipinski definition) is 6. The van der Waals surface area contributed by atoms with Crippen LogP contribution in [0.4, 0.5) is 0 Å². The highest BCUT2D eigenvalue weighted by Crippen LogP contribution is 2.20. The van der Waals surface area contributed by atoms with Crippen molar-refractivity contribution in [3.05, 3.63) is 54.9 Å². The third-order valence-corrected chi connectivity index (χ3v) is 4.80. The summed E-state index contributed by atoms with van der Waals surface area (Å²) in [6.07, 6.45) is 4.27. The summed E-state index contributed by atoms with van der Waals surface area (Å²) >= 11 is 0. The molecular formula is C16H17N5O3S. The lowest BCUT2D eigenvalue weighted by Crippen LogP contribution is -2.24. The van der Waals surface area contributed by atoms with Crippen molar-refractivity contribution < 1.29 is 13.2 Å². The third kappa shape index (κ3) is 4.01. The van der Waals surface area contributed by atoms with Crippen LogP contribution in [-0.4, -0.2) is 35.0 Å². The van der Waals surface area contributed by atoms with Crippen LogP contribution >= 0.6 is 0 Å². The molecule has 1 aromatic carbocycles. The minimum Gasteiger partial charge on any atom is -0.497 e. The Morgan fingerprint density at radius 3 is 2.56 bits per heavy atom. The van der Waals surface area contributed by atoms with Crippen LogP contribution in [-0.2, 0) is 23.6 Å². The molecule has 9 heteroatoms. The van der Waals surface area contributed by atoms with Gasteiger partial charge >= 0.3 is 0 Å². The van der Waals surface area contributed by atoms with Gasteiger partial charge in [-0.2, -0.15) is 0 Å². The van der Waals surface area contributed by atoms with Crippen molar-refractivity contribution in [3.63, 3.8) is 0 Å². The van der Waals surface area contributed by atoms with Crippen LogP contribution in [0.5, 0.6) is 5.75 Å². The van der Waals surface area contributed by atoms with Gasteiger partial charge in [-0.3, -0.25) is 0 Å². The van der Waals surface area contributed by atoms with E-state index in [9.17, 15) is 8.42 Å². The predicted octanol–water partition coefficient (Wildman–Crippen LogP) is 1.36. The normalized spacial score (nSPS) is 11.4. The number of ether oxygens (including phenoxy) is 1. The SMILES string of the molecule is COc1ccc(-c2cc(CNS(=O)(=O)c3cn(C)cn3)ncn2)cc1. The molecule has 1 N–H and O–H groups in total. The Morgan fingerprint density at radius 1 is 1.16 bits per heavy atom. The molecule has 3 aromatic rings. The molecule has 0 saturated carbocycles. The van der Waals surface area contributed by atoms with E-state index in [4.69, 9.17) is 4.74 Å². The quantitative estimate of drug-likeness (QED) is 0.713. The van der Waals surface area contributed by atoms with Crippen molar-refractivity contribution >= 4 is 10.0 Å². The zero-order valence-electron chi connectivity index (χ0n) is 13.7. The number of aryl methyl sites for hydroxylation is 1. The summed E-state index contributed by atoms with van der Waals surface area (Å²) in [4.78, 5) is 12.2. The Balaban J connectivity index is 1.75. The minimum absolute atomic E-state index is 0.0283. The molecule has 3 rings (SSSR count). The number of methoxy groups -OCH3 is 1. The van der Waals surface area contributed by atoms with Crippen molar-refractivity contribution in [3.8, 4) is 17.0 Å². The molecule has 0 unspecified atom stereocenters. The van der Waals surface area contributed by atoms with E-state index in [0.29, 0.717) is 11.4 Å². The van der Waals surface area contributed by atoms with Crippen molar-refractivity contribution in [2.45, 2.75) is 11.6 Å². The minimum atomic E-state index is -3.68. The summed E-state index contributed by atoms with van der Waals surface area (Å²) in [5.41, 5.74) is 2.14. The van der Waals surface area contributed by atoms with Gasteiger partial charge in [-0.25, -0.2) is 28.1 Å². The highest BCUT2D eigenvalue weighted by atomic mass is 32.2. The summed E-state index contributed by atoms with van der Waals surface area (Å²) in [5, 5.41) is -0.0283. The van der Waals surface area contributed by atoms with Crippen molar-refractivity contribution in [1.82, 2.24) is 24.2 Å².